The average Bonchev–Trinajstić information content (AvgIpc) is 3.59. The van der Waals surface area contributed by atoms with Crippen LogP contribution in [0.15, 0.2) is 65.5 Å². The summed E-state index contributed by atoms with van der Waals surface area (Å²) in [6, 6.07) is 20.9. The molecule has 4 aliphatic heterocycles. The Hall–Kier alpha value is -5.99. The molecule has 0 aliphatic carbocycles. The van der Waals surface area contributed by atoms with Gasteiger partial charge in [-0.2, -0.15) is 0 Å². The van der Waals surface area contributed by atoms with Gasteiger partial charge in [-0.1, -0.05) is 24.3 Å². The maximum Gasteiger partial charge on any atom is 0.342 e. The maximum atomic E-state index is 14.0. The number of pyridine rings is 1. The molecular formula is C48H58N8O6. The molecule has 0 unspecified atom stereocenters. The summed E-state index contributed by atoms with van der Waals surface area (Å²) in [5.74, 6) is -0.761. The van der Waals surface area contributed by atoms with Gasteiger partial charge in [0.15, 0.2) is 0 Å². The highest BCUT2D eigenvalue weighted by Gasteiger charge is 2.37. The number of piperidine rings is 1. The predicted molar refractivity (Wildman–Crippen MR) is 239 cm³/mol. The van der Waals surface area contributed by atoms with E-state index in [2.05, 4.69) is 80.7 Å². The Labute approximate surface area is 363 Å². The molecular weight excluding hydrogens is 785 g/mol. The lowest BCUT2D eigenvalue weighted by molar-refractivity contribution is -0.123. The number of hydrazine groups is 1. The zero-order valence-corrected chi connectivity index (χ0v) is 36.5. The van der Waals surface area contributed by atoms with E-state index in [1.165, 1.54) is 10.0 Å². The fraction of sp³-hybridized carbons (Fsp3) is 0.438. The molecule has 14 heteroatoms. The molecule has 5 amide bonds. The Bertz CT molecular complexity index is 2420. The van der Waals surface area contributed by atoms with Gasteiger partial charge in [-0.15, -0.1) is 0 Å². The number of ether oxygens (including phenoxy) is 1. The van der Waals surface area contributed by atoms with Crippen molar-refractivity contribution < 1.29 is 23.9 Å². The molecule has 4 aliphatic rings. The van der Waals surface area contributed by atoms with Crippen molar-refractivity contribution in [3.05, 3.63) is 116 Å². The van der Waals surface area contributed by atoms with E-state index in [4.69, 9.17) is 4.74 Å². The van der Waals surface area contributed by atoms with E-state index in [9.17, 15) is 24.0 Å². The molecule has 0 saturated carbocycles. The summed E-state index contributed by atoms with van der Waals surface area (Å²) in [5.41, 5.74) is 10.3. The number of urea groups is 1. The Morgan fingerprint density at radius 2 is 1.60 bits per heavy atom. The Morgan fingerprint density at radius 1 is 0.855 bits per heavy atom. The van der Waals surface area contributed by atoms with Crippen molar-refractivity contribution in [2.24, 2.45) is 0 Å². The van der Waals surface area contributed by atoms with E-state index in [0.29, 0.717) is 35.3 Å². The normalized spacial score (nSPS) is 17.5. The zero-order valence-electron chi connectivity index (χ0n) is 36.5. The smallest absolute Gasteiger partial charge is 0.342 e. The van der Waals surface area contributed by atoms with E-state index >= 15 is 0 Å². The number of carbonyl (C=O) groups is 4. The quantitative estimate of drug-likeness (QED) is 0.161. The Balaban J connectivity index is 0.934. The Morgan fingerprint density at radius 3 is 2.29 bits per heavy atom. The number of carbonyl (C=O) groups excluding carboxylic acids is 4. The summed E-state index contributed by atoms with van der Waals surface area (Å²) in [6.07, 6.45) is 4.03. The number of H-pyrrole nitrogens is 1. The van der Waals surface area contributed by atoms with Crippen LogP contribution in [-0.2, 0) is 29.2 Å². The molecule has 62 heavy (non-hydrogen) atoms. The third-order valence-electron chi connectivity index (χ3n) is 13.2. The second kappa shape index (κ2) is 18.2. The fourth-order valence-corrected chi connectivity index (χ4v) is 9.67. The van der Waals surface area contributed by atoms with Gasteiger partial charge in [-0.05, 0) is 130 Å². The van der Waals surface area contributed by atoms with Crippen LogP contribution in [0.25, 0.3) is 11.1 Å². The van der Waals surface area contributed by atoms with E-state index in [0.717, 1.165) is 116 Å². The van der Waals surface area contributed by atoms with Gasteiger partial charge >= 0.3 is 6.03 Å². The summed E-state index contributed by atoms with van der Waals surface area (Å²) in [4.78, 5) is 74.1. The lowest BCUT2D eigenvalue weighted by Gasteiger charge is -2.38. The second-order valence-electron chi connectivity index (χ2n) is 17.2. The largest absolute Gasteiger partial charge is 0.381 e. The number of nitrogens with one attached hydrogen (secondary N) is 3. The summed E-state index contributed by atoms with van der Waals surface area (Å²) >= 11 is 0. The minimum Gasteiger partial charge on any atom is -0.381 e. The van der Waals surface area contributed by atoms with Crippen molar-refractivity contribution in [3.8, 4) is 11.1 Å². The minimum absolute atomic E-state index is 0.139. The molecule has 3 N–H and O–H groups in total. The van der Waals surface area contributed by atoms with Crippen molar-refractivity contribution in [2.75, 3.05) is 56.2 Å². The van der Waals surface area contributed by atoms with Crippen LogP contribution >= 0.6 is 0 Å². The first-order valence-electron chi connectivity index (χ1n) is 22.0. The molecule has 14 nitrogen and oxygen atoms in total. The lowest BCUT2D eigenvalue weighted by Crippen LogP contribution is -2.56. The van der Waals surface area contributed by atoms with Crippen LogP contribution in [0.5, 0.6) is 0 Å². The first-order chi connectivity index (χ1) is 29.9. The number of aryl methyl sites for hydroxylation is 2. The number of imide groups is 1. The fourth-order valence-electron chi connectivity index (χ4n) is 9.67. The highest BCUT2D eigenvalue weighted by molar-refractivity contribution is 6.02. The van der Waals surface area contributed by atoms with Crippen molar-refractivity contribution in [2.45, 2.75) is 91.5 Å². The van der Waals surface area contributed by atoms with Gasteiger partial charge in [0, 0.05) is 98.2 Å². The average molecular weight is 843 g/mol. The van der Waals surface area contributed by atoms with Gasteiger partial charge in [0.2, 0.25) is 5.91 Å². The molecule has 5 heterocycles. The summed E-state index contributed by atoms with van der Waals surface area (Å²) in [5, 5.41) is 8.13. The van der Waals surface area contributed by atoms with Gasteiger partial charge < -0.3 is 24.8 Å². The summed E-state index contributed by atoms with van der Waals surface area (Å²) in [7, 11) is 2.16. The zero-order chi connectivity index (χ0) is 43.7. The van der Waals surface area contributed by atoms with Gasteiger partial charge in [-0.3, -0.25) is 29.4 Å². The molecule has 326 valence electrons. The topological polar surface area (TPSA) is 151 Å². The molecule has 0 bridgehead atoms. The molecule has 0 radical (unpaired) electrons. The van der Waals surface area contributed by atoms with Crippen LogP contribution in [-0.4, -0.2) is 102 Å². The molecule has 3 aromatic carbocycles. The van der Waals surface area contributed by atoms with Crippen molar-refractivity contribution >= 4 is 35.1 Å². The van der Waals surface area contributed by atoms with Crippen LogP contribution in [0.4, 0.5) is 16.2 Å². The Kier molecular flexibility index (Phi) is 12.5. The third-order valence-corrected chi connectivity index (χ3v) is 13.2. The molecule has 1 aromatic heterocycles. The molecule has 0 spiro atoms. The number of aromatic amines is 1. The summed E-state index contributed by atoms with van der Waals surface area (Å²) < 4.78 is 5.71. The van der Waals surface area contributed by atoms with Crippen molar-refractivity contribution in [1.82, 2.24) is 30.5 Å². The van der Waals surface area contributed by atoms with Crippen LogP contribution < -0.4 is 26.0 Å². The number of aromatic nitrogens is 1. The first-order valence-corrected chi connectivity index (χ1v) is 22.0. The molecule has 8 rings (SSSR count). The number of anilines is 2. The lowest BCUT2D eigenvalue weighted by atomic mass is 9.94. The molecule has 3 fully saturated rings. The van der Waals surface area contributed by atoms with Gasteiger partial charge in [0.25, 0.3) is 17.4 Å². The number of fused-ring (bicyclic) bond motifs is 1. The van der Waals surface area contributed by atoms with Gasteiger partial charge in [0.05, 0.1) is 13.1 Å². The number of nitrogens with zero attached hydrogens (tertiary/aromatic N) is 5. The molecule has 3 saturated heterocycles. The second-order valence-corrected chi connectivity index (χ2v) is 17.2. The van der Waals surface area contributed by atoms with Crippen LogP contribution in [0.2, 0.25) is 0 Å². The highest BCUT2D eigenvalue weighted by atomic mass is 16.5. The number of amides is 5. The van der Waals surface area contributed by atoms with Crippen LogP contribution in [0.1, 0.15) is 93.3 Å². The molecule has 4 aromatic rings. The molecule has 0 atom stereocenters. The van der Waals surface area contributed by atoms with Gasteiger partial charge in [0.1, 0.15) is 0 Å². The first kappa shape index (κ1) is 42.7. The standard InChI is InChI=1S/C48H58N8O6/c1-6-54(39-16-21-62-22-17-39)43-26-35(25-41(32(43)4)45(58)49-27-42-30(2)23-31(3)50-46(42)59)34-8-10-38(11-9-34)53-18-13-37(14-19-53)52(5)28-33-7-12-40-36(24-33)29-56(47(40)60)55-20-15-44(57)51-48(55)61/h7-12,23-26,37,39H,6,13-22,27-29H2,1-5H3,(H,49,58)(H,50,59)(H,51,57,61). The summed E-state index contributed by atoms with van der Waals surface area (Å²) in [6.45, 7) is 13.4. The maximum absolute atomic E-state index is 14.0. The number of hydrogen-bond acceptors (Lipinski definition) is 9. The van der Waals surface area contributed by atoms with Crippen LogP contribution in [0.3, 0.4) is 0 Å². The highest BCUT2D eigenvalue weighted by Crippen LogP contribution is 2.35. The number of benzene rings is 3. The van der Waals surface area contributed by atoms with E-state index in [-0.39, 0.29) is 42.8 Å². The van der Waals surface area contributed by atoms with E-state index < -0.39 is 6.03 Å². The number of rotatable bonds is 12. The number of hydrogen-bond donors (Lipinski definition) is 3. The van der Waals surface area contributed by atoms with Crippen LogP contribution in [0, 0.1) is 20.8 Å². The third kappa shape index (κ3) is 8.84. The SMILES string of the molecule is CCN(c1cc(-c2ccc(N3CCC(N(C)Cc4ccc5c(c4)CN(N4CCC(=O)NC4=O)C5=O)CC3)cc2)cc(C(=O)NCc2c(C)cc(C)[nH]c2=O)c1C)C1CCOCC1. The monoisotopic (exact) mass is 842 g/mol. The van der Waals surface area contributed by atoms with E-state index in [1.54, 1.807) is 0 Å². The van der Waals surface area contributed by atoms with Gasteiger partial charge in [-0.25, -0.2) is 14.8 Å². The minimum atomic E-state index is -0.560. The van der Waals surface area contributed by atoms with Crippen molar-refractivity contribution in [3.63, 3.8) is 0 Å². The predicted octanol–water partition coefficient (Wildman–Crippen LogP) is 5.82. The van der Waals surface area contributed by atoms with E-state index in [1.807, 2.05) is 45.0 Å². The van der Waals surface area contributed by atoms with Crippen molar-refractivity contribution in [1.29, 1.82) is 0 Å².